The topological polar surface area (TPSA) is 30.5 Å². The number of hydrogen-bond donors (Lipinski definition) is 1. The highest BCUT2D eigenvalue weighted by atomic mass is 16.5. The molecule has 3 nitrogen and oxygen atoms in total. The van der Waals surface area contributed by atoms with E-state index in [0.29, 0.717) is 6.61 Å². The van der Waals surface area contributed by atoms with Crippen LogP contribution in [0.2, 0.25) is 0 Å². The van der Waals surface area contributed by atoms with Crippen LogP contribution in [-0.2, 0) is 0 Å². The fraction of sp³-hybridized carbons (Fsp3) is 0.647. The predicted octanol–water partition coefficient (Wildman–Crippen LogP) is 4.02. The minimum atomic E-state index is 0.221. The van der Waals surface area contributed by atoms with Gasteiger partial charge in [-0.1, -0.05) is 0 Å². The van der Waals surface area contributed by atoms with Gasteiger partial charge in [-0.2, -0.15) is 0 Å². The van der Waals surface area contributed by atoms with Crippen molar-refractivity contribution in [2.75, 3.05) is 19.8 Å². The number of rotatable bonds is 9. The molecule has 1 rings (SSSR count). The molecule has 0 bridgehead atoms. The summed E-state index contributed by atoms with van der Waals surface area (Å²) in [5, 5.41) is 3.49. The van der Waals surface area contributed by atoms with Gasteiger partial charge in [0.25, 0.3) is 0 Å². The largest absolute Gasteiger partial charge is 0.494 e. The first-order valence-electron chi connectivity index (χ1n) is 7.62. The lowest BCUT2D eigenvalue weighted by Crippen LogP contribution is -2.36. The normalized spacial score (nSPS) is 11.4. The summed E-state index contributed by atoms with van der Waals surface area (Å²) in [7, 11) is 0. The second-order valence-corrected chi connectivity index (χ2v) is 5.99. The van der Waals surface area contributed by atoms with Crippen LogP contribution in [0.4, 0.5) is 0 Å². The van der Waals surface area contributed by atoms with E-state index >= 15 is 0 Å². The highest BCUT2D eigenvalue weighted by Gasteiger charge is 2.06. The van der Waals surface area contributed by atoms with E-state index in [2.05, 4.69) is 26.1 Å². The molecule has 1 N–H and O–H groups in total. The van der Waals surface area contributed by atoms with Crippen molar-refractivity contribution in [3.05, 3.63) is 24.3 Å². The summed E-state index contributed by atoms with van der Waals surface area (Å²) in [5.74, 6) is 1.81. The average Bonchev–Trinajstić information content (AvgIpc) is 2.38. The Morgan fingerprint density at radius 3 is 2.05 bits per heavy atom. The van der Waals surface area contributed by atoms with Gasteiger partial charge in [0.2, 0.25) is 0 Å². The van der Waals surface area contributed by atoms with Gasteiger partial charge in [-0.25, -0.2) is 0 Å². The third-order valence-electron chi connectivity index (χ3n) is 2.88. The fourth-order valence-corrected chi connectivity index (χ4v) is 1.86. The first-order valence-corrected chi connectivity index (χ1v) is 7.62. The summed E-state index contributed by atoms with van der Waals surface area (Å²) in [4.78, 5) is 0. The van der Waals surface area contributed by atoms with Gasteiger partial charge in [0.1, 0.15) is 11.5 Å². The van der Waals surface area contributed by atoms with Crippen molar-refractivity contribution in [1.82, 2.24) is 5.32 Å². The monoisotopic (exact) mass is 279 g/mol. The van der Waals surface area contributed by atoms with Crippen molar-refractivity contribution in [3.8, 4) is 11.5 Å². The van der Waals surface area contributed by atoms with E-state index in [1.54, 1.807) is 0 Å². The maximum Gasteiger partial charge on any atom is 0.119 e. The van der Waals surface area contributed by atoms with Crippen LogP contribution in [0.1, 0.15) is 47.0 Å². The Hall–Kier alpha value is -1.22. The molecule has 3 heteroatoms. The van der Waals surface area contributed by atoms with Gasteiger partial charge in [0, 0.05) is 5.54 Å². The highest BCUT2D eigenvalue weighted by Crippen LogP contribution is 2.17. The van der Waals surface area contributed by atoms with Crippen LogP contribution in [0, 0.1) is 0 Å². The lowest BCUT2D eigenvalue weighted by Gasteiger charge is -2.20. The summed E-state index contributed by atoms with van der Waals surface area (Å²) in [6.07, 6.45) is 3.49. The molecule has 1 aromatic rings. The molecule has 0 aliphatic carbocycles. The quantitative estimate of drug-likeness (QED) is 0.692. The Morgan fingerprint density at radius 2 is 1.50 bits per heavy atom. The van der Waals surface area contributed by atoms with Gasteiger partial charge in [-0.05, 0) is 77.8 Å². The number of benzene rings is 1. The molecule has 0 aliphatic heterocycles. The lowest BCUT2D eigenvalue weighted by molar-refractivity contribution is 0.301. The lowest BCUT2D eigenvalue weighted by atomic mass is 10.1. The zero-order valence-electron chi connectivity index (χ0n) is 13.4. The molecule has 0 aliphatic rings. The minimum absolute atomic E-state index is 0.221. The first-order chi connectivity index (χ1) is 9.51. The van der Waals surface area contributed by atoms with Crippen LogP contribution in [0.5, 0.6) is 11.5 Å². The maximum atomic E-state index is 5.71. The third-order valence-corrected chi connectivity index (χ3v) is 2.88. The molecule has 0 amide bonds. The Kier molecular flexibility index (Phi) is 7.45. The molecule has 0 spiro atoms. The molecule has 114 valence electrons. The van der Waals surface area contributed by atoms with Crippen LogP contribution in [0.25, 0.3) is 0 Å². The van der Waals surface area contributed by atoms with Crippen molar-refractivity contribution >= 4 is 0 Å². The number of hydrogen-bond acceptors (Lipinski definition) is 3. The Morgan fingerprint density at radius 1 is 0.900 bits per heavy atom. The predicted molar refractivity (Wildman–Crippen MR) is 84.7 cm³/mol. The van der Waals surface area contributed by atoms with Crippen molar-refractivity contribution in [2.24, 2.45) is 0 Å². The zero-order chi connectivity index (χ0) is 14.8. The molecule has 0 fully saturated rings. The molecule has 0 radical (unpaired) electrons. The summed E-state index contributed by atoms with van der Waals surface area (Å²) in [6.45, 7) is 11.1. The van der Waals surface area contributed by atoms with Crippen molar-refractivity contribution in [2.45, 2.75) is 52.5 Å². The van der Waals surface area contributed by atoms with E-state index in [1.807, 2.05) is 31.2 Å². The Labute approximate surface area is 123 Å². The van der Waals surface area contributed by atoms with Crippen molar-refractivity contribution in [1.29, 1.82) is 0 Å². The van der Waals surface area contributed by atoms with Gasteiger partial charge >= 0.3 is 0 Å². The smallest absolute Gasteiger partial charge is 0.119 e. The molecule has 0 unspecified atom stereocenters. The summed E-state index contributed by atoms with van der Waals surface area (Å²) in [6, 6.07) is 7.83. The summed E-state index contributed by atoms with van der Waals surface area (Å²) < 4.78 is 11.1. The van der Waals surface area contributed by atoms with Crippen molar-refractivity contribution < 1.29 is 9.47 Å². The Bertz CT molecular complexity index is 354. The van der Waals surface area contributed by atoms with Crippen LogP contribution in [0.3, 0.4) is 0 Å². The van der Waals surface area contributed by atoms with Crippen molar-refractivity contribution in [3.63, 3.8) is 0 Å². The highest BCUT2D eigenvalue weighted by molar-refractivity contribution is 5.31. The van der Waals surface area contributed by atoms with Gasteiger partial charge in [-0.3, -0.25) is 0 Å². The molecule has 0 atom stereocenters. The van der Waals surface area contributed by atoms with Gasteiger partial charge in [-0.15, -0.1) is 0 Å². The molecule has 0 saturated carbocycles. The van der Waals surface area contributed by atoms with Crippen LogP contribution in [-0.4, -0.2) is 25.3 Å². The van der Waals surface area contributed by atoms with E-state index in [0.717, 1.165) is 31.1 Å². The Balaban J connectivity index is 2.06. The number of nitrogens with one attached hydrogen (secondary N) is 1. The molecular formula is C17H29NO2. The zero-order valence-corrected chi connectivity index (χ0v) is 13.4. The SMILES string of the molecule is CCOc1ccc(OCCCCCNC(C)(C)C)cc1. The maximum absolute atomic E-state index is 5.71. The van der Waals surface area contributed by atoms with Crippen LogP contribution in [0.15, 0.2) is 24.3 Å². The first kappa shape index (κ1) is 16.8. The standard InChI is InChI=1S/C17H29NO2/c1-5-19-15-9-11-16(12-10-15)20-14-8-6-7-13-18-17(2,3)4/h9-12,18H,5-8,13-14H2,1-4H3. The van der Waals surface area contributed by atoms with E-state index < -0.39 is 0 Å². The number of unbranched alkanes of at least 4 members (excludes halogenated alkanes) is 2. The van der Waals surface area contributed by atoms with Crippen LogP contribution >= 0.6 is 0 Å². The van der Waals surface area contributed by atoms with Gasteiger partial charge < -0.3 is 14.8 Å². The van der Waals surface area contributed by atoms with E-state index in [4.69, 9.17) is 9.47 Å². The molecule has 1 aromatic carbocycles. The van der Waals surface area contributed by atoms with Gasteiger partial charge in [0.15, 0.2) is 0 Å². The number of ether oxygens (including phenoxy) is 2. The molecule has 0 saturated heterocycles. The molecule has 0 heterocycles. The molecule has 0 aromatic heterocycles. The average molecular weight is 279 g/mol. The third kappa shape index (κ3) is 8.05. The van der Waals surface area contributed by atoms with Gasteiger partial charge in [0.05, 0.1) is 13.2 Å². The molecule has 20 heavy (non-hydrogen) atoms. The second kappa shape index (κ2) is 8.85. The van der Waals surface area contributed by atoms with Crippen LogP contribution < -0.4 is 14.8 Å². The minimum Gasteiger partial charge on any atom is -0.494 e. The van der Waals surface area contributed by atoms with E-state index in [1.165, 1.54) is 12.8 Å². The van der Waals surface area contributed by atoms with E-state index in [-0.39, 0.29) is 5.54 Å². The van der Waals surface area contributed by atoms with E-state index in [9.17, 15) is 0 Å². The molecular weight excluding hydrogens is 250 g/mol. The second-order valence-electron chi connectivity index (χ2n) is 5.99. The summed E-state index contributed by atoms with van der Waals surface area (Å²) >= 11 is 0. The fourth-order valence-electron chi connectivity index (χ4n) is 1.86. The summed E-state index contributed by atoms with van der Waals surface area (Å²) in [5.41, 5.74) is 0.221.